The first-order valence-electron chi connectivity index (χ1n) is 10.8. The van der Waals surface area contributed by atoms with Crippen LogP contribution in [0, 0.1) is 25.7 Å². The molecule has 170 valence electrons. The van der Waals surface area contributed by atoms with Crippen LogP contribution in [0.25, 0.3) is 0 Å². The SMILES string of the molecule is Cc1ccc(NC(=O)C2CCC3C(C2)NC(=O)C(S(=O)(=O)c2ccccc2)C3O)cc1C. The second-order valence-corrected chi connectivity index (χ2v) is 10.9. The lowest BCUT2D eigenvalue weighted by atomic mass is 9.73. The van der Waals surface area contributed by atoms with E-state index >= 15 is 0 Å². The van der Waals surface area contributed by atoms with Crippen molar-refractivity contribution in [1.29, 1.82) is 0 Å². The average molecular weight is 457 g/mol. The first-order chi connectivity index (χ1) is 15.2. The molecule has 32 heavy (non-hydrogen) atoms. The molecule has 3 N–H and O–H groups in total. The number of aliphatic hydroxyl groups is 1. The zero-order valence-corrected chi connectivity index (χ0v) is 18.9. The third-order valence-corrected chi connectivity index (χ3v) is 8.88. The number of aliphatic hydroxyl groups excluding tert-OH is 1. The largest absolute Gasteiger partial charge is 0.391 e. The van der Waals surface area contributed by atoms with Gasteiger partial charge in [-0.05, 0) is 68.5 Å². The van der Waals surface area contributed by atoms with Crippen molar-refractivity contribution in [2.45, 2.75) is 55.4 Å². The number of piperidine rings is 1. The molecule has 0 radical (unpaired) electrons. The van der Waals surface area contributed by atoms with Gasteiger partial charge in [-0.2, -0.15) is 0 Å². The van der Waals surface area contributed by atoms with Gasteiger partial charge in [-0.25, -0.2) is 8.42 Å². The summed E-state index contributed by atoms with van der Waals surface area (Å²) in [5, 5.41) is 15.1. The summed E-state index contributed by atoms with van der Waals surface area (Å²) in [6, 6.07) is 13.0. The van der Waals surface area contributed by atoms with Crippen molar-refractivity contribution in [2.24, 2.45) is 11.8 Å². The fourth-order valence-corrected chi connectivity index (χ4v) is 6.54. The Morgan fingerprint density at radius 2 is 1.78 bits per heavy atom. The predicted octanol–water partition coefficient (Wildman–Crippen LogP) is 2.36. The smallest absolute Gasteiger partial charge is 0.241 e. The highest BCUT2D eigenvalue weighted by molar-refractivity contribution is 7.92. The number of nitrogens with one attached hydrogen (secondary N) is 2. The number of anilines is 1. The van der Waals surface area contributed by atoms with Gasteiger partial charge >= 0.3 is 0 Å². The third-order valence-electron chi connectivity index (χ3n) is 6.79. The van der Waals surface area contributed by atoms with Crippen LogP contribution in [0.4, 0.5) is 5.69 Å². The van der Waals surface area contributed by atoms with E-state index in [1.165, 1.54) is 12.1 Å². The van der Waals surface area contributed by atoms with Gasteiger partial charge in [0, 0.05) is 23.6 Å². The number of amides is 2. The molecule has 7 nitrogen and oxygen atoms in total. The van der Waals surface area contributed by atoms with E-state index in [1.807, 2.05) is 32.0 Å². The van der Waals surface area contributed by atoms with Crippen LogP contribution in [0.2, 0.25) is 0 Å². The van der Waals surface area contributed by atoms with Gasteiger partial charge in [0.1, 0.15) is 0 Å². The summed E-state index contributed by atoms with van der Waals surface area (Å²) >= 11 is 0. The van der Waals surface area contributed by atoms with Gasteiger partial charge in [-0.15, -0.1) is 0 Å². The minimum Gasteiger partial charge on any atom is -0.391 e. The molecule has 5 atom stereocenters. The van der Waals surface area contributed by atoms with Gasteiger partial charge in [-0.3, -0.25) is 9.59 Å². The number of aryl methyl sites for hydroxylation is 2. The number of rotatable bonds is 4. The van der Waals surface area contributed by atoms with Crippen molar-refractivity contribution in [3.63, 3.8) is 0 Å². The topological polar surface area (TPSA) is 113 Å². The van der Waals surface area contributed by atoms with E-state index in [9.17, 15) is 23.1 Å². The second kappa shape index (κ2) is 8.67. The minimum atomic E-state index is -4.03. The van der Waals surface area contributed by atoms with E-state index < -0.39 is 39.1 Å². The number of sulfone groups is 1. The summed E-state index contributed by atoms with van der Waals surface area (Å²) in [7, 11) is -4.03. The van der Waals surface area contributed by atoms with Crippen LogP contribution in [0.5, 0.6) is 0 Å². The average Bonchev–Trinajstić information content (AvgIpc) is 2.76. The molecule has 0 aromatic heterocycles. The van der Waals surface area contributed by atoms with Gasteiger partial charge in [-0.1, -0.05) is 24.3 Å². The van der Waals surface area contributed by atoms with E-state index in [2.05, 4.69) is 10.6 Å². The maximum atomic E-state index is 13.0. The van der Waals surface area contributed by atoms with E-state index in [4.69, 9.17) is 0 Å². The molecule has 1 saturated heterocycles. The molecule has 1 heterocycles. The second-order valence-electron chi connectivity index (χ2n) is 8.85. The molecule has 1 saturated carbocycles. The summed E-state index contributed by atoms with van der Waals surface area (Å²) in [4.78, 5) is 25.6. The fraction of sp³-hybridized carbons (Fsp3) is 0.417. The molecular weight excluding hydrogens is 428 g/mol. The quantitative estimate of drug-likeness (QED) is 0.654. The molecule has 0 bridgehead atoms. The number of carbonyl (C=O) groups is 2. The van der Waals surface area contributed by atoms with Crippen molar-refractivity contribution in [3.05, 3.63) is 59.7 Å². The van der Waals surface area contributed by atoms with Crippen molar-refractivity contribution < 1.29 is 23.1 Å². The Morgan fingerprint density at radius 3 is 2.47 bits per heavy atom. The fourth-order valence-electron chi connectivity index (χ4n) is 4.80. The van der Waals surface area contributed by atoms with Gasteiger partial charge in [0.05, 0.1) is 11.0 Å². The Hall–Kier alpha value is -2.71. The summed E-state index contributed by atoms with van der Waals surface area (Å²) in [6.45, 7) is 3.99. The maximum absolute atomic E-state index is 13.0. The molecule has 8 heteroatoms. The third kappa shape index (κ3) is 4.17. The lowest BCUT2D eigenvalue weighted by Gasteiger charge is -2.44. The van der Waals surface area contributed by atoms with Gasteiger partial charge in [0.25, 0.3) is 0 Å². The standard InChI is InChI=1S/C24H28N2O5S/c1-14-8-10-17(12-15(14)2)25-23(28)16-9-11-19-20(13-16)26-24(29)22(21(19)27)32(30,31)18-6-4-3-5-7-18/h3-8,10,12,16,19-22,27H,9,11,13H2,1-2H3,(H,25,28)(H,26,29). The highest BCUT2D eigenvalue weighted by Gasteiger charge is 2.52. The van der Waals surface area contributed by atoms with Crippen molar-refractivity contribution in [3.8, 4) is 0 Å². The zero-order chi connectivity index (χ0) is 23.0. The molecule has 0 spiro atoms. The van der Waals surface area contributed by atoms with Crippen LogP contribution < -0.4 is 10.6 Å². The van der Waals surface area contributed by atoms with Gasteiger partial charge in [0.2, 0.25) is 11.8 Å². The lowest BCUT2D eigenvalue weighted by molar-refractivity contribution is -0.132. The van der Waals surface area contributed by atoms with E-state index in [1.54, 1.807) is 18.2 Å². The number of hydrogen-bond donors (Lipinski definition) is 3. The van der Waals surface area contributed by atoms with Crippen LogP contribution in [0.3, 0.4) is 0 Å². The van der Waals surface area contributed by atoms with Gasteiger partial charge < -0.3 is 15.7 Å². The van der Waals surface area contributed by atoms with Crippen molar-refractivity contribution in [1.82, 2.24) is 5.32 Å². The highest BCUT2D eigenvalue weighted by Crippen LogP contribution is 2.38. The summed E-state index contributed by atoms with van der Waals surface area (Å²) in [5.74, 6) is -1.58. The Morgan fingerprint density at radius 1 is 1.06 bits per heavy atom. The van der Waals surface area contributed by atoms with E-state index in [0.717, 1.165) is 16.8 Å². The number of benzene rings is 2. The first kappa shape index (κ1) is 22.5. The molecule has 2 fully saturated rings. The van der Waals surface area contributed by atoms with E-state index in [-0.39, 0.29) is 16.7 Å². The van der Waals surface area contributed by atoms with Crippen LogP contribution >= 0.6 is 0 Å². The van der Waals surface area contributed by atoms with E-state index in [0.29, 0.717) is 19.3 Å². The number of fused-ring (bicyclic) bond motifs is 1. The summed E-state index contributed by atoms with van der Waals surface area (Å²) < 4.78 is 26.0. The Bertz CT molecular complexity index is 1130. The zero-order valence-electron chi connectivity index (χ0n) is 18.1. The molecule has 5 unspecified atom stereocenters. The molecule has 2 aromatic rings. The van der Waals surface area contributed by atoms with Crippen molar-refractivity contribution >= 4 is 27.3 Å². The Labute approximate surface area is 188 Å². The molecule has 4 rings (SSSR count). The minimum absolute atomic E-state index is 0.0131. The molecule has 1 aliphatic heterocycles. The number of carbonyl (C=O) groups excluding carboxylic acids is 2. The van der Waals surface area contributed by atoms with Crippen LogP contribution in [0.1, 0.15) is 30.4 Å². The van der Waals surface area contributed by atoms with Crippen LogP contribution in [-0.2, 0) is 19.4 Å². The normalized spacial score (nSPS) is 27.8. The first-order valence-corrected chi connectivity index (χ1v) is 12.4. The van der Waals surface area contributed by atoms with Crippen LogP contribution in [0.15, 0.2) is 53.4 Å². The Balaban J connectivity index is 1.47. The molecule has 1 aliphatic carbocycles. The van der Waals surface area contributed by atoms with Gasteiger partial charge in [0.15, 0.2) is 15.1 Å². The monoisotopic (exact) mass is 456 g/mol. The molecular formula is C24H28N2O5S. The number of hydrogen-bond acceptors (Lipinski definition) is 5. The summed E-state index contributed by atoms with van der Waals surface area (Å²) in [6.07, 6.45) is 0.0194. The maximum Gasteiger partial charge on any atom is 0.241 e. The highest BCUT2D eigenvalue weighted by atomic mass is 32.2. The molecule has 2 aliphatic rings. The molecule has 2 aromatic carbocycles. The van der Waals surface area contributed by atoms with Crippen LogP contribution in [-0.4, -0.2) is 42.7 Å². The predicted molar refractivity (Wildman–Crippen MR) is 121 cm³/mol. The van der Waals surface area contributed by atoms with Crippen molar-refractivity contribution in [2.75, 3.05) is 5.32 Å². The molecule has 2 amide bonds. The lowest BCUT2D eigenvalue weighted by Crippen LogP contribution is -2.63. The Kier molecular flexibility index (Phi) is 6.09. The summed E-state index contributed by atoms with van der Waals surface area (Å²) in [5.41, 5.74) is 2.95.